The van der Waals surface area contributed by atoms with E-state index in [1.165, 1.54) is 95.1 Å². The Balaban J connectivity index is 1.55. The summed E-state index contributed by atoms with van der Waals surface area (Å²) in [5.74, 6) is 0.357. The predicted molar refractivity (Wildman–Crippen MR) is 146 cm³/mol. The molecule has 0 saturated carbocycles. The first-order chi connectivity index (χ1) is 17.2. The summed E-state index contributed by atoms with van der Waals surface area (Å²) >= 11 is 1.09. The van der Waals surface area contributed by atoms with E-state index in [0.29, 0.717) is 21.9 Å². The summed E-state index contributed by atoms with van der Waals surface area (Å²) in [5.41, 5.74) is 1.48. The van der Waals surface area contributed by atoms with Crippen molar-refractivity contribution in [2.24, 2.45) is 0 Å². The number of carbonyl (C=O) groups excluding carboxylic acids is 2. The van der Waals surface area contributed by atoms with Gasteiger partial charge in [-0.2, -0.15) is 0 Å². The van der Waals surface area contributed by atoms with Crippen LogP contribution < -0.4 is 10.1 Å². The van der Waals surface area contributed by atoms with Crippen LogP contribution in [-0.4, -0.2) is 18.8 Å². The first kappa shape index (κ1) is 28.6. The molecule has 0 unspecified atom stereocenters. The molecule has 0 atom stereocenters. The molecular formula is C29H40N2O3S. The minimum absolute atomic E-state index is 0.121. The number of aldehydes is 1. The van der Waals surface area contributed by atoms with Gasteiger partial charge in [0.1, 0.15) is 12.0 Å². The van der Waals surface area contributed by atoms with Gasteiger partial charge in [0, 0.05) is 0 Å². The summed E-state index contributed by atoms with van der Waals surface area (Å²) in [6, 6.07) is 9.43. The van der Waals surface area contributed by atoms with Gasteiger partial charge in [-0.1, -0.05) is 96.1 Å². The minimum Gasteiger partial charge on any atom is -0.484 e. The van der Waals surface area contributed by atoms with Gasteiger partial charge in [0.2, 0.25) is 5.69 Å². The second kappa shape index (κ2) is 17.7. The first-order valence-corrected chi connectivity index (χ1v) is 14.0. The maximum atomic E-state index is 12.2. The Bertz CT molecular complexity index is 932. The summed E-state index contributed by atoms with van der Waals surface area (Å²) in [6.45, 7) is 9.21. The lowest BCUT2D eigenvalue weighted by Crippen LogP contribution is -2.19. The van der Waals surface area contributed by atoms with Crippen LogP contribution in [0.1, 0.15) is 106 Å². The molecule has 1 heterocycles. The van der Waals surface area contributed by atoms with Crippen molar-refractivity contribution in [3.05, 3.63) is 52.2 Å². The number of rotatable bonds is 19. The molecule has 1 aromatic heterocycles. The van der Waals surface area contributed by atoms with Gasteiger partial charge in [-0.25, -0.2) is 4.85 Å². The van der Waals surface area contributed by atoms with Crippen LogP contribution in [0.3, 0.4) is 0 Å². The number of thiophene rings is 1. The summed E-state index contributed by atoms with van der Waals surface area (Å²) in [5, 5.41) is 3.16. The number of hydrogen-bond donors (Lipinski definition) is 1. The van der Waals surface area contributed by atoms with Crippen molar-refractivity contribution in [1.82, 2.24) is 0 Å². The number of hydrogen-bond acceptors (Lipinski definition) is 4. The Morgan fingerprint density at radius 3 is 2.17 bits per heavy atom. The second-order valence-electron chi connectivity index (χ2n) is 9.07. The number of unbranched alkanes of at least 4 members (excludes halogenated alkanes) is 12. The van der Waals surface area contributed by atoms with E-state index in [1.807, 2.05) is 18.2 Å². The minimum atomic E-state index is -0.317. The first-order valence-electron chi connectivity index (χ1n) is 13.1. The molecule has 0 aliphatic heterocycles. The van der Waals surface area contributed by atoms with E-state index >= 15 is 0 Å². The standard InChI is InChI=1S/C29H40N2O3S/c1-3-4-5-6-7-8-9-10-11-12-13-14-15-17-24-18-16-19-25(20-24)34-23-28(33)31-29-21-26(30-2)27(22-32)35-29/h16,18-22H,3-15,17,23H2,1H3,(H,31,33). The average molecular weight is 497 g/mol. The number of nitrogens with one attached hydrogen (secondary N) is 1. The van der Waals surface area contributed by atoms with E-state index in [0.717, 1.165) is 17.8 Å². The molecule has 5 nitrogen and oxygen atoms in total. The lowest BCUT2D eigenvalue weighted by atomic mass is 10.0. The van der Waals surface area contributed by atoms with Gasteiger partial charge < -0.3 is 10.1 Å². The van der Waals surface area contributed by atoms with Crippen molar-refractivity contribution >= 4 is 34.2 Å². The highest BCUT2D eigenvalue weighted by atomic mass is 32.1. The molecule has 6 heteroatoms. The molecule has 0 fully saturated rings. The summed E-state index contributed by atoms with van der Waals surface area (Å²) in [7, 11) is 0. The quantitative estimate of drug-likeness (QED) is 0.120. The van der Waals surface area contributed by atoms with Crippen LogP contribution in [0.15, 0.2) is 30.3 Å². The number of benzene rings is 1. The Morgan fingerprint density at radius 1 is 0.971 bits per heavy atom. The average Bonchev–Trinajstić information content (AvgIpc) is 3.27. The van der Waals surface area contributed by atoms with Gasteiger partial charge in [0.05, 0.1) is 16.5 Å². The van der Waals surface area contributed by atoms with Crippen molar-refractivity contribution in [1.29, 1.82) is 0 Å². The van der Waals surface area contributed by atoms with Gasteiger partial charge in [-0.15, -0.1) is 11.3 Å². The topological polar surface area (TPSA) is 59.8 Å². The van der Waals surface area contributed by atoms with Crippen LogP contribution >= 0.6 is 11.3 Å². The van der Waals surface area contributed by atoms with Crippen LogP contribution in [0.25, 0.3) is 4.85 Å². The predicted octanol–water partition coefficient (Wildman–Crippen LogP) is 8.76. The SMILES string of the molecule is [C-]#[N+]c1cc(NC(=O)COc2cccc(CCCCCCCCCCCCCCC)c2)sc1C=O. The zero-order valence-electron chi connectivity index (χ0n) is 21.2. The van der Waals surface area contributed by atoms with E-state index < -0.39 is 0 Å². The van der Waals surface area contributed by atoms with Gasteiger partial charge in [-0.05, 0) is 36.6 Å². The van der Waals surface area contributed by atoms with Gasteiger partial charge in [-0.3, -0.25) is 9.59 Å². The third-order valence-electron chi connectivity index (χ3n) is 6.07. The number of aryl methyl sites for hydroxylation is 1. The maximum Gasteiger partial charge on any atom is 0.262 e. The highest BCUT2D eigenvalue weighted by molar-refractivity contribution is 7.18. The molecule has 0 aliphatic carbocycles. The highest BCUT2D eigenvalue weighted by Crippen LogP contribution is 2.32. The Morgan fingerprint density at radius 2 is 1.60 bits per heavy atom. The number of ether oxygens (including phenoxy) is 1. The molecule has 1 N–H and O–H groups in total. The van der Waals surface area contributed by atoms with Crippen LogP contribution in [0.5, 0.6) is 5.75 Å². The monoisotopic (exact) mass is 496 g/mol. The van der Waals surface area contributed by atoms with Gasteiger partial charge >= 0.3 is 0 Å². The van der Waals surface area contributed by atoms with Crippen LogP contribution in [0.4, 0.5) is 10.7 Å². The van der Waals surface area contributed by atoms with E-state index in [2.05, 4.69) is 23.2 Å². The summed E-state index contributed by atoms with van der Waals surface area (Å²) in [4.78, 5) is 26.8. The number of nitrogens with zero attached hydrogens (tertiary/aromatic N) is 1. The Hall–Kier alpha value is -2.65. The fraction of sp³-hybridized carbons (Fsp3) is 0.552. The highest BCUT2D eigenvalue weighted by Gasteiger charge is 2.11. The normalized spacial score (nSPS) is 10.6. The van der Waals surface area contributed by atoms with Crippen LogP contribution in [0.2, 0.25) is 0 Å². The second-order valence-corrected chi connectivity index (χ2v) is 10.2. The lowest BCUT2D eigenvalue weighted by Gasteiger charge is -2.08. The molecule has 0 aliphatic rings. The summed E-state index contributed by atoms with van der Waals surface area (Å²) in [6.07, 6.45) is 19.2. The Kier molecular flexibility index (Phi) is 14.5. The van der Waals surface area contributed by atoms with Gasteiger partial charge in [0.15, 0.2) is 6.61 Å². The van der Waals surface area contributed by atoms with Crippen molar-refractivity contribution in [2.45, 2.75) is 96.8 Å². The van der Waals surface area contributed by atoms with E-state index in [4.69, 9.17) is 11.3 Å². The molecule has 2 aromatic rings. The fourth-order valence-corrected chi connectivity index (χ4v) is 4.92. The molecule has 0 bridgehead atoms. The van der Waals surface area contributed by atoms with E-state index in [9.17, 15) is 9.59 Å². The van der Waals surface area contributed by atoms with Crippen molar-refractivity contribution in [3.63, 3.8) is 0 Å². The van der Waals surface area contributed by atoms with Crippen molar-refractivity contribution in [2.75, 3.05) is 11.9 Å². The molecule has 0 spiro atoms. The molecule has 190 valence electrons. The van der Waals surface area contributed by atoms with Gasteiger partial charge in [0.25, 0.3) is 5.91 Å². The summed E-state index contributed by atoms with van der Waals surface area (Å²) < 4.78 is 5.65. The zero-order valence-corrected chi connectivity index (χ0v) is 22.0. The molecule has 35 heavy (non-hydrogen) atoms. The van der Waals surface area contributed by atoms with E-state index in [1.54, 1.807) is 0 Å². The molecule has 2 rings (SSSR count). The Labute approximate surface area is 215 Å². The lowest BCUT2D eigenvalue weighted by molar-refractivity contribution is -0.118. The molecular weight excluding hydrogens is 456 g/mol. The third-order valence-corrected chi connectivity index (χ3v) is 7.03. The van der Waals surface area contributed by atoms with Crippen molar-refractivity contribution < 1.29 is 14.3 Å². The van der Waals surface area contributed by atoms with Crippen molar-refractivity contribution in [3.8, 4) is 5.75 Å². The smallest absolute Gasteiger partial charge is 0.262 e. The third kappa shape index (κ3) is 12.0. The number of amides is 1. The maximum absolute atomic E-state index is 12.2. The van der Waals surface area contributed by atoms with Crippen LogP contribution in [-0.2, 0) is 11.2 Å². The fourth-order valence-electron chi connectivity index (χ4n) is 4.09. The zero-order chi connectivity index (χ0) is 25.1. The van der Waals surface area contributed by atoms with Crippen LogP contribution in [0, 0.1) is 6.57 Å². The molecule has 0 saturated heterocycles. The number of carbonyl (C=O) groups is 2. The largest absolute Gasteiger partial charge is 0.484 e. The molecule has 1 aromatic carbocycles. The van der Waals surface area contributed by atoms with E-state index in [-0.39, 0.29) is 18.2 Å². The molecule has 0 radical (unpaired) electrons. The number of anilines is 1. The molecule has 1 amide bonds.